The smallest absolute Gasteiger partial charge is 0.232 e. The van der Waals surface area contributed by atoms with Crippen LogP contribution in [0.2, 0.25) is 0 Å². The average molecular weight is 343 g/mol. The summed E-state index contributed by atoms with van der Waals surface area (Å²) in [6.07, 6.45) is 1.30. The first-order valence-corrected chi connectivity index (χ1v) is 9.15. The Hall–Kier alpha value is -2.05. The molecule has 1 amide bonds. The molecule has 0 aliphatic heterocycles. The van der Waals surface area contributed by atoms with Gasteiger partial charge in [0.15, 0.2) is 5.13 Å². The first-order chi connectivity index (χ1) is 11.1. The summed E-state index contributed by atoms with van der Waals surface area (Å²) in [6.45, 7) is 4.07. The fraction of sp³-hybridized carbons (Fsp3) is 0.235. The minimum atomic E-state index is -0.0856. The molecule has 0 aliphatic rings. The molecular formula is C17H17N3OS2. The van der Waals surface area contributed by atoms with Gasteiger partial charge in [-0.15, -0.1) is 22.7 Å². The standard InChI is InChI=1S/C17H17N3OS2/c1-3-12-4-6-13(7-5-12)15-10-23-17(19-15)20-16(21)8-14-9-22-11(2)18-14/h4-7,9-10H,3,8H2,1-2H3,(H,19,20,21). The topological polar surface area (TPSA) is 54.9 Å². The normalized spacial score (nSPS) is 10.7. The van der Waals surface area contributed by atoms with Gasteiger partial charge in [0.2, 0.25) is 5.91 Å². The van der Waals surface area contributed by atoms with E-state index in [0.717, 1.165) is 28.4 Å². The van der Waals surface area contributed by atoms with Crippen LogP contribution in [-0.4, -0.2) is 15.9 Å². The van der Waals surface area contributed by atoms with Crippen molar-refractivity contribution in [3.05, 3.63) is 51.3 Å². The first-order valence-electron chi connectivity index (χ1n) is 7.39. The predicted octanol–water partition coefficient (Wildman–Crippen LogP) is 4.32. The van der Waals surface area contributed by atoms with E-state index in [9.17, 15) is 4.79 Å². The van der Waals surface area contributed by atoms with Gasteiger partial charge in [-0.05, 0) is 18.9 Å². The molecule has 6 heteroatoms. The number of aryl methyl sites for hydroxylation is 2. The Labute approximate surface area is 143 Å². The Balaban J connectivity index is 1.65. The van der Waals surface area contributed by atoms with Crippen molar-refractivity contribution in [2.45, 2.75) is 26.7 Å². The third-order valence-electron chi connectivity index (χ3n) is 3.42. The minimum Gasteiger partial charge on any atom is -0.302 e. The van der Waals surface area contributed by atoms with Crippen LogP contribution in [0.25, 0.3) is 11.3 Å². The van der Waals surface area contributed by atoms with Crippen molar-refractivity contribution in [1.29, 1.82) is 0 Å². The van der Waals surface area contributed by atoms with Crippen LogP contribution in [0.5, 0.6) is 0 Å². The SMILES string of the molecule is CCc1ccc(-c2csc(NC(=O)Cc3csc(C)n3)n2)cc1. The number of carbonyl (C=O) groups excluding carboxylic acids is 1. The van der Waals surface area contributed by atoms with E-state index in [1.165, 1.54) is 16.9 Å². The van der Waals surface area contributed by atoms with Crippen LogP contribution in [0.1, 0.15) is 23.2 Å². The number of hydrogen-bond donors (Lipinski definition) is 1. The Morgan fingerprint density at radius 3 is 2.57 bits per heavy atom. The number of benzene rings is 1. The molecule has 3 aromatic rings. The van der Waals surface area contributed by atoms with Gasteiger partial charge in [0.05, 0.1) is 22.8 Å². The lowest BCUT2D eigenvalue weighted by Crippen LogP contribution is -2.14. The van der Waals surface area contributed by atoms with Crippen molar-refractivity contribution in [1.82, 2.24) is 9.97 Å². The zero-order chi connectivity index (χ0) is 16.2. The molecule has 4 nitrogen and oxygen atoms in total. The fourth-order valence-corrected chi connectivity index (χ4v) is 3.54. The van der Waals surface area contributed by atoms with Crippen LogP contribution in [0.15, 0.2) is 35.0 Å². The van der Waals surface area contributed by atoms with Gasteiger partial charge in [0.25, 0.3) is 0 Å². The molecule has 0 spiro atoms. The highest BCUT2D eigenvalue weighted by Crippen LogP contribution is 2.25. The van der Waals surface area contributed by atoms with Crippen molar-refractivity contribution < 1.29 is 4.79 Å². The minimum absolute atomic E-state index is 0.0856. The number of amides is 1. The van der Waals surface area contributed by atoms with Gasteiger partial charge in [-0.1, -0.05) is 31.2 Å². The summed E-state index contributed by atoms with van der Waals surface area (Å²) in [7, 11) is 0. The molecule has 3 rings (SSSR count). The molecule has 2 aromatic heterocycles. The van der Waals surface area contributed by atoms with Crippen LogP contribution in [0, 0.1) is 6.92 Å². The third kappa shape index (κ3) is 4.03. The lowest BCUT2D eigenvalue weighted by atomic mass is 10.1. The van der Waals surface area contributed by atoms with Crippen LogP contribution < -0.4 is 5.32 Å². The number of rotatable bonds is 5. The summed E-state index contributed by atoms with van der Waals surface area (Å²) < 4.78 is 0. The zero-order valence-electron chi connectivity index (χ0n) is 13.0. The van der Waals surface area contributed by atoms with E-state index in [1.807, 2.05) is 17.7 Å². The average Bonchev–Trinajstić information content (AvgIpc) is 3.16. The van der Waals surface area contributed by atoms with E-state index in [4.69, 9.17) is 0 Å². The molecule has 2 heterocycles. The third-order valence-corrected chi connectivity index (χ3v) is 5.00. The van der Waals surface area contributed by atoms with E-state index >= 15 is 0 Å². The van der Waals surface area contributed by atoms with Gasteiger partial charge in [-0.25, -0.2) is 9.97 Å². The molecule has 1 aromatic carbocycles. The van der Waals surface area contributed by atoms with Crippen molar-refractivity contribution in [3.63, 3.8) is 0 Å². The molecule has 23 heavy (non-hydrogen) atoms. The molecule has 0 aliphatic carbocycles. The van der Waals surface area contributed by atoms with E-state index in [-0.39, 0.29) is 12.3 Å². The van der Waals surface area contributed by atoms with Gasteiger partial charge in [0, 0.05) is 16.3 Å². The highest BCUT2D eigenvalue weighted by Gasteiger charge is 2.10. The number of nitrogens with one attached hydrogen (secondary N) is 1. The monoisotopic (exact) mass is 343 g/mol. The van der Waals surface area contributed by atoms with Crippen LogP contribution in [0.3, 0.4) is 0 Å². The van der Waals surface area contributed by atoms with Crippen molar-refractivity contribution in [2.75, 3.05) is 5.32 Å². The molecule has 0 radical (unpaired) electrons. The first kappa shape index (κ1) is 15.8. The Bertz CT molecular complexity index is 805. The lowest BCUT2D eigenvalue weighted by molar-refractivity contribution is -0.115. The zero-order valence-corrected chi connectivity index (χ0v) is 14.6. The highest BCUT2D eigenvalue weighted by atomic mass is 32.1. The largest absolute Gasteiger partial charge is 0.302 e. The molecule has 0 atom stereocenters. The number of anilines is 1. The van der Waals surface area contributed by atoms with Crippen LogP contribution in [-0.2, 0) is 17.6 Å². The van der Waals surface area contributed by atoms with Gasteiger partial charge in [0.1, 0.15) is 0 Å². The number of nitrogens with zero attached hydrogens (tertiary/aromatic N) is 2. The molecule has 0 unspecified atom stereocenters. The molecule has 0 saturated heterocycles. The van der Waals surface area contributed by atoms with Gasteiger partial charge >= 0.3 is 0 Å². The second-order valence-corrected chi connectivity index (χ2v) is 7.09. The van der Waals surface area contributed by atoms with Gasteiger partial charge < -0.3 is 5.32 Å². The summed E-state index contributed by atoms with van der Waals surface area (Å²) in [5.74, 6) is -0.0856. The second-order valence-electron chi connectivity index (χ2n) is 5.17. The second kappa shape index (κ2) is 7.02. The van der Waals surface area contributed by atoms with Crippen LogP contribution in [0.4, 0.5) is 5.13 Å². The van der Waals surface area contributed by atoms with E-state index in [1.54, 1.807) is 11.3 Å². The molecule has 0 bridgehead atoms. The Kier molecular flexibility index (Phi) is 4.83. The summed E-state index contributed by atoms with van der Waals surface area (Å²) in [5.41, 5.74) is 4.06. The fourth-order valence-electron chi connectivity index (χ4n) is 2.19. The number of carbonyl (C=O) groups is 1. The van der Waals surface area contributed by atoms with Crippen molar-refractivity contribution >= 4 is 33.7 Å². The van der Waals surface area contributed by atoms with Crippen LogP contribution >= 0.6 is 22.7 Å². The quantitative estimate of drug-likeness (QED) is 0.750. The molecule has 118 valence electrons. The summed E-state index contributed by atoms with van der Waals surface area (Å²) >= 11 is 2.99. The maximum absolute atomic E-state index is 12.0. The Morgan fingerprint density at radius 2 is 1.91 bits per heavy atom. The van der Waals surface area contributed by atoms with E-state index < -0.39 is 0 Å². The lowest BCUT2D eigenvalue weighted by Gasteiger charge is -2.00. The van der Waals surface area contributed by atoms with E-state index in [0.29, 0.717) is 5.13 Å². The summed E-state index contributed by atoms with van der Waals surface area (Å²) in [5, 5.41) is 8.32. The maximum atomic E-state index is 12.0. The van der Waals surface area contributed by atoms with E-state index in [2.05, 4.69) is 46.5 Å². The van der Waals surface area contributed by atoms with Gasteiger partial charge in [-0.3, -0.25) is 4.79 Å². The number of aromatic nitrogens is 2. The molecule has 0 saturated carbocycles. The summed E-state index contributed by atoms with van der Waals surface area (Å²) in [4.78, 5) is 20.8. The maximum Gasteiger partial charge on any atom is 0.232 e. The highest BCUT2D eigenvalue weighted by molar-refractivity contribution is 7.14. The predicted molar refractivity (Wildman–Crippen MR) is 96.1 cm³/mol. The molecular weight excluding hydrogens is 326 g/mol. The summed E-state index contributed by atoms with van der Waals surface area (Å²) in [6, 6.07) is 8.35. The molecule has 1 N–H and O–H groups in total. The number of hydrogen-bond acceptors (Lipinski definition) is 5. The van der Waals surface area contributed by atoms with Crippen molar-refractivity contribution in [2.24, 2.45) is 0 Å². The molecule has 0 fully saturated rings. The number of thiazole rings is 2. The Morgan fingerprint density at radius 1 is 1.13 bits per heavy atom. The van der Waals surface area contributed by atoms with Crippen molar-refractivity contribution in [3.8, 4) is 11.3 Å². The van der Waals surface area contributed by atoms with Gasteiger partial charge in [-0.2, -0.15) is 0 Å².